The summed E-state index contributed by atoms with van der Waals surface area (Å²) in [6.07, 6.45) is 1.34. The lowest BCUT2D eigenvalue weighted by Gasteiger charge is -2.06. The molecule has 0 aromatic heterocycles. The second kappa shape index (κ2) is 7.61. The highest BCUT2D eigenvalue weighted by Crippen LogP contribution is 2.27. The average molecular weight is 339 g/mol. The molecule has 126 valence electrons. The third-order valence-electron chi connectivity index (χ3n) is 3.22. The van der Waals surface area contributed by atoms with Crippen LogP contribution in [0, 0.1) is 21.4 Å². The number of nitro groups is 1. The maximum Gasteiger partial charge on any atom is 0.269 e. The largest absolute Gasteiger partial charge is 0.504 e. The van der Waals surface area contributed by atoms with Crippen molar-refractivity contribution in [1.82, 2.24) is 0 Å². The molecule has 2 rings (SSSR count). The zero-order chi connectivity index (χ0) is 18.4. The number of nitriles is 1. The summed E-state index contributed by atoms with van der Waals surface area (Å²) >= 11 is 0. The molecule has 0 aliphatic rings. The minimum absolute atomic E-state index is 0.0616. The Bertz CT molecular complexity index is 882. The van der Waals surface area contributed by atoms with Crippen LogP contribution in [0.15, 0.2) is 48.0 Å². The van der Waals surface area contributed by atoms with Crippen molar-refractivity contribution < 1.29 is 19.6 Å². The Hall–Kier alpha value is -3.86. The number of carbonyl (C=O) groups excluding carboxylic acids is 1. The van der Waals surface area contributed by atoms with Crippen molar-refractivity contribution in [3.05, 3.63) is 63.7 Å². The minimum atomic E-state index is -0.664. The van der Waals surface area contributed by atoms with Crippen LogP contribution in [0.25, 0.3) is 6.08 Å². The lowest BCUT2D eigenvalue weighted by Crippen LogP contribution is -2.13. The predicted molar refractivity (Wildman–Crippen MR) is 90.0 cm³/mol. The van der Waals surface area contributed by atoms with Crippen LogP contribution in [0.1, 0.15) is 5.56 Å². The Kier molecular flexibility index (Phi) is 5.32. The molecule has 2 aromatic rings. The summed E-state index contributed by atoms with van der Waals surface area (Å²) in [5.41, 5.74) is 0.529. The summed E-state index contributed by atoms with van der Waals surface area (Å²) in [5, 5.41) is 31.8. The maximum absolute atomic E-state index is 12.2. The first-order valence-corrected chi connectivity index (χ1v) is 6.99. The molecule has 8 nitrogen and oxygen atoms in total. The first-order chi connectivity index (χ1) is 11.9. The summed E-state index contributed by atoms with van der Waals surface area (Å²) in [6, 6.07) is 11.4. The van der Waals surface area contributed by atoms with Gasteiger partial charge in [0.15, 0.2) is 11.5 Å². The van der Waals surface area contributed by atoms with Crippen LogP contribution in [0.2, 0.25) is 0 Å². The first-order valence-electron chi connectivity index (χ1n) is 6.99. The van der Waals surface area contributed by atoms with Crippen molar-refractivity contribution in [3.8, 4) is 17.6 Å². The van der Waals surface area contributed by atoms with E-state index in [4.69, 9.17) is 4.74 Å². The molecule has 0 heterocycles. The van der Waals surface area contributed by atoms with E-state index in [9.17, 15) is 25.3 Å². The lowest BCUT2D eigenvalue weighted by atomic mass is 10.1. The van der Waals surface area contributed by atoms with Crippen molar-refractivity contribution in [1.29, 1.82) is 5.26 Å². The molecule has 0 unspecified atom stereocenters. The van der Waals surface area contributed by atoms with Gasteiger partial charge in [-0.1, -0.05) is 6.07 Å². The number of amides is 1. The van der Waals surface area contributed by atoms with Crippen LogP contribution in [0.4, 0.5) is 11.4 Å². The summed E-state index contributed by atoms with van der Waals surface area (Å²) in [5.74, 6) is -0.515. The molecule has 25 heavy (non-hydrogen) atoms. The number of phenols is 1. The number of non-ortho nitro benzene ring substituents is 1. The zero-order valence-electron chi connectivity index (χ0n) is 13.1. The third-order valence-corrected chi connectivity index (χ3v) is 3.22. The van der Waals surface area contributed by atoms with Crippen LogP contribution < -0.4 is 10.1 Å². The van der Waals surface area contributed by atoms with Crippen LogP contribution >= 0.6 is 0 Å². The Morgan fingerprint density at radius 2 is 2.00 bits per heavy atom. The van der Waals surface area contributed by atoms with E-state index < -0.39 is 10.8 Å². The Balaban J connectivity index is 2.20. The van der Waals surface area contributed by atoms with Gasteiger partial charge in [-0.25, -0.2) is 0 Å². The summed E-state index contributed by atoms with van der Waals surface area (Å²) in [6.45, 7) is 0. The van der Waals surface area contributed by atoms with Gasteiger partial charge in [0, 0.05) is 17.8 Å². The van der Waals surface area contributed by atoms with E-state index in [2.05, 4.69) is 5.32 Å². The van der Waals surface area contributed by atoms with E-state index in [1.807, 2.05) is 0 Å². The topological polar surface area (TPSA) is 125 Å². The molecule has 1 amide bonds. The smallest absolute Gasteiger partial charge is 0.269 e. The van der Waals surface area contributed by atoms with Gasteiger partial charge in [0.25, 0.3) is 11.6 Å². The monoisotopic (exact) mass is 339 g/mol. The number of anilines is 1. The van der Waals surface area contributed by atoms with Gasteiger partial charge >= 0.3 is 0 Å². The fourth-order valence-corrected chi connectivity index (χ4v) is 1.96. The molecule has 0 aliphatic carbocycles. The van der Waals surface area contributed by atoms with Crippen molar-refractivity contribution in [3.63, 3.8) is 0 Å². The summed E-state index contributed by atoms with van der Waals surface area (Å²) in [4.78, 5) is 22.2. The maximum atomic E-state index is 12.2. The highest BCUT2D eigenvalue weighted by atomic mass is 16.6. The standard InChI is InChI=1S/C17H13N3O5/c1-25-16-9-11(2-7-15(16)21)8-12(10-18)17(22)19-13-3-5-14(6-4-13)20(23)24/h2-9,21H,1H3,(H,19,22)/b12-8+. The molecule has 0 radical (unpaired) electrons. The van der Waals surface area contributed by atoms with Crippen molar-refractivity contribution in [2.75, 3.05) is 12.4 Å². The number of phenolic OH excluding ortho intramolecular Hbond substituents is 1. The molecule has 0 saturated heterocycles. The minimum Gasteiger partial charge on any atom is -0.504 e. The van der Waals surface area contributed by atoms with Gasteiger partial charge in [-0.3, -0.25) is 14.9 Å². The number of hydrogen-bond acceptors (Lipinski definition) is 6. The molecule has 0 atom stereocenters. The van der Waals surface area contributed by atoms with E-state index in [1.165, 1.54) is 55.7 Å². The van der Waals surface area contributed by atoms with Crippen LogP contribution in [0.5, 0.6) is 11.5 Å². The lowest BCUT2D eigenvalue weighted by molar-refractivity contribution is -0.384. The normalized spacial score (nSPS) is 10.6. The van der Waals surface area contributed by atoms with E-state index in [1.54, 1.807) is 6.07 Å². The number of benzene rings is 2. The predicted octanol–water partition coefficient (Wildman–Crippen LogP) is 2.85. The van der Waals surface area contributed by atoms with E-state index in [0.29, 0.717) is 11.3 Å². The number of ether oxygens (including phenoxy) is 1. The average Bonchev–Trinajstić information content (AvgIpc) is 2.61. The molecular formula is C17H13N3O5. The Labute approximate surface area is 142 Å². The molecule has 2 N–H and O–H groups in total. The van der Waals surface area contributed by atoms with E-state index >= 15 is 0 Å². The van der Waals surface area contributed by atoms with Gasteiger partial charge < -0.3 is 15.2 Å². The number of nitrogens with one attached hydrogen (secondary N) is 1. The number of nitrogens with zero attached hydrogens (tertiary/aromatic N) is 2. The number of hydrogen-bond donors (Lipinski definition) is 2. The fraction of sp³-hybridized carbons (Fsp3) is 0.0588. The summed E-state index contributed by atoms with van der Waals surface area (Å²) in [7, 11) is 1.38. The SMILES string of the molecule is COc1cc(/C=C(\C#N)C(=O)Nc2ccc([N+](=O)[O-])cc2)ccc1O. The van der Waals surface area contributed by atoms with Gasteiger partial charge in [-0.15, -0.1) is 0 Å². The van der Waals surface area contributed by atoms with Gasteiger partial charge in [-0.05, 0) is 35.9 Å². The third kappa shape index (κ3) is 4.33. The van der Waals surface area contributed by atoms with E-state index in [0.717, 1.165) is 0 Å². The Morgan fingerprint density at radius 1 is 1.32 bits per heavy atom. The van der Waals surface area contributed by atoms with Gasteiger partial charge in [0.1, 0.15) is 11.6 Å². The van der Waals surface area contributed by atoms with Crippen LogP contribution in [-0.4, -0.2) is 23.0 Å². The zero-order valence-corrected chi connectivity index (χ0v) is 13.1. The van der Waals surface area contributed by atoms with Gasteiger partial charge in [-0.2, -0.15) is 5.26 Å². The number of carbonyl (C=O) groups is 1. The molecule has 8 heteroatoms. The van der Waals surface area contributed by atoms with Crippen LogP contribution in [-0.2, 0) is 4.79 Å². The molecule has 2 aromatic carbocycles. The molecule has 0 fully saturated rings. The number of rotatable bonds is 5. The fourth-order valence-electron chi connectivity index (χ4n) is 1.96. The highest BCUT2D eigenvalue weighted by molar-refractivity contribution is 6.09. The van der Waals surface area contributed by atoms with Crippen molar-refractivity contribution >= 4 is 23.4 Å². The second-order valence-electron chi connectivity index (χ2n) is 4.86. The van der Waals surface area contributed by atoms with E-state index in [-0.39, 0.29) is 22.8 Å². The summed E-state index contributed by atoms with van der Waals surface area (Å²) < 4.78 is 4.97. The number of aromatic hydroxyl groups is 1. The quantitative estimate of drug-likeness (QED) is 0.373. The second-order valence-corrected chi connectivity index (χ2v) is 4.86. The highest BCUT2D eigenvalue weighted by Gasteiger charge is 2.12. The molecule has 0 bridgehead atoms. The molecular weight excluding hydrogens is 326 g/mol. The number of methoxy groups -OCH3 is 1. The number of nitro benzene ring substituents is 1. The van der Waals surface area contributed by atoms with Gasteiger partial charge in [0.05, 0.1) is 12.0 Å². The van der Waals surface area contributed by atoms with Crippen molar-refractivity contribution in [2.45, 2.75) is 0 Å². The van der Waals surface area contributed by atoms with Crippen molar-refractivity contribution in [2.24, 2.45) is 0 Å². The van der Waals surface area contributed by atoms with Crippen LogP contribution in [0.3, 0.4) is 0 Å². The molecule has 0 aliphatic heterocycles. The molecule has 0 saturated carbocycles. The first kappa shape index (κ1) is 17.5. The Morgan fingerprint density at radius 3 is 2.56 bits per heavy atom. The molecule has 0 spiro atoms. The van der Waals surface area contributed by atoms with Gasteiger partial charge in [0.2, 0.25) is 0 Å².